The Hall–Kier alpha value is -2.27. The number of aromatic nitrogens is 1. The van der Waals surface area contributed by atoms with Crippen LogP contribution >= 0.6 is 11.6 Å². The summed E-state index contributed by atoms with van der Waals surface area (Å²) < 4.78 is 24.2. The Morgan fingerprint density at radius 1 is 1.16 bits per heavy atom. The van der Waals surface area contributed by atoms with E-state index in [1.165, 1.54) is 6.07 Å². The Bertz CT molecular complexity index is 736. The maximum atomic E-state index is 13.9. The number of nitrogens with two attached hydrogens (primary N) is 1. The van der Waals surface area contributed by atoms with Crippen LogP contribution in [0.5, 0.6) is 0 Å². The molecule has 2 heterocycles. The van der Waals surface area contributed by atoms with Gasteiger partial charge in [0.15, 0.2) is 16.8 Å². The van der Waals surface area contributed by atoms with Gasteiger partial charge in [-0.05, 0) is 29.8 Å². The van der Waals surface area contributed by atoms with Crippen LogP contribution < -0.4 is 5.73 Å². The van der Waals surface area contributed by atoms with Crippen molar-refractivity contribution in [3.05, 3.63) is 47.4 Å². The van der Waals surface area contributed by atoms with Crippen LogP contribution in [0.4, 0.5) is 10.2 Å². The molecule has 0 unspecified atom stereocenters. The summed E-state index contributed by atoms with van der Waals surface area (Å²) in [5.41, 5.74) is 6.39. The Morgan fingerprint density at radius 3 is 2.63 bits per heavy atom. The van der Waals surface area contributed by atoms with E-state index in [1.807, 2.05) is 0 Å². The van der Waals surface area contributed by atoms with Gasteiger partial charge in [-0.15, -0.1) is 0 Å². The van der Waals surface area contributed by atoms with E-state index in [1.54, 1.807) is 30.3 Å². The molecule has 6 heteroatoms. The summed E-state index contributed by atoms with van der Waals surface area (Å²) in [7, 11) is 0. The van der Waals surface area contributed by atoms with Crippen molar-refractivity contribution in [3.8, 4) is 22.6 Å². The van der Waals surface area contributed by atoms with Gasteiger partial charge in [-0.25, -0.2) is 4.39 Å². The molecule has 96 valence electrons. The lowest BCUT2D eigenvalue weighted by atomic mass is 10.0. The smallest absolute Gasteiger partial charge is 0.212 e. The van der Waals surface area contributed by atoms with Gasteiger partial charge in [0, 0.05) is 5.56 Å². The van der Waals surface area contributed by atoms with Crippen molar-refractivity contribution >= 4 is 17.4 Å². The SMILES string of the molecule is Nc1noc(-c2ccc(Cl)o2)c1-c1ccccc1F. The molecule has 0 bridgehead atoms. The second-order valence-electron chi connectivity index (χ2n) is 3.86. The second-order valence-corrected chi connectivity index (χ2v) is 4.23. The molecule has 3 rings (SSSR count). The number of hydrogen-bond acceptors (Lipinski definition) is 4. The van der Waals surface area contributed by atoms with Crippen LogP contribution in [0.25, 0.3) is 22.6 Å². The fourth-order valence-corrected chi connectivity index (χ4v) is 1.98. The maximum absolute atomic E-state index is 13.9. The summed E-state index contributed by atoms with van der Waals surface area (Å²) in [5, 5.41) is 3.85. The number of hydrogen-bond donors (Lipinski definition) is 1. The molecule has 0 spiro atoms. The number of nitrogens with zero attached hydrogens (tertiary/aromatic N) is 1. The Labute approximate surface area is 112 Å². The highest BCUT2D eigenvalue weighted by atomic mass is 35.5. The predicted molar refractivity (Wildman–Crippen MR) is 69.0 cm³/mol. The molecule has 0 fully saturated rings. The van der Waals surface area contributed by atoms with Crippen molar-refractivity contribution in [1.29, 1.82) is 0 Å². The molecule has 0 amide bonds. The quantitative estimate of drug-likeness (QED) is 0.770. The molecule has 3 aromatic rings. The van der Waals surface area contributed by atoms with Crippen molar-refractivity contribution in [1.82, 2.24) is 5.16 Å². The first-order chi connectivity index (χ1) is 9.16. The van der Waals surface area contributed by atoms with Gasteiger partial charge in [-0.2, -0.15) is 0 Å². The molecule has 0 saturated heterocycles. The van der Waals surface area contributed by atoms with E-state index in [0.717, 1.165) is 0 Å². The van der Waals surface area contributed by atoms with E-state index >= 15 is 0 Å². The standard InChI is InChI=1S/C13H8ClFN2O2/c14-10-6-5-9(18-10)12-11(13(16)17-19-12)7-3-1-2-4-8(7)15/h1-6H,(H2,16,17). The number of nitrogen functional groups attached to an aromatic ring is 1. The minimum absolute atomic E-state index is 0.0904. The molecular weight excluding hydrogens is 271 g/mol. The molecule has 0 aliphatic heterocycles. The van der Waals surface area contributed by atoms with Crippen molar-refractivity contribution in [2.24, 2.45) is 0 Å². The normalized spacial score (nSPS) is 10.8. The number of rotatable bonds is 2. The molecule has 2 N–H and O–H groups in total. The summed E-state index contributed by atoms with van der Waals surface area (Å²) >= 11 is 5.71. The largest absolute Gasteiger partial charge is 0.441 e. The molecule has 1 aromatic carbocycles. The Balaban J connectivity index is 2.22. The highest BCUT2D eigenvalue weighted by Gasteiger charge is 2.22. The van der Waals surface area contributed by atoms with Gasteiger partial charge >= 0.3 is 0 Å². The number of halogens is 2. The zero-order valence-electron chi connectivity index (χ0n) is 9.56. The highest BCUT2D eigenvalue weighted by Crippen LogP contribution is 2.38. The molecule has 2 aromatic heterocycles. The highest BCUT2D eigenvalue weighted by molar-refractivity contribution is 6.29. The minimum atomic E-state index is -0.420. The van der Waals surface area contributed by atoms with Crippen molar-refractivity contribution in [3.63, 3.8) is 0 Å². The summed E-state index contributed by atoms with van der Waals surface area (Å²) in [6.07, 6.45) is 0. The molecule has 0 atom stereocenters. The molecule has 0 saturated carbocycles. The van der Waals surface area contributed by atoms with E-state index in [0.29, 0.717) is 16.9 Å². The first kappa shape index (κ1) is 11.8. The third-order valence-electron chi connectivity index (χ3n) is 2.66. The van der Waals surface area contributed by atoms with Gasteiger partial charge in [-0.1, -0.05) is 23.4 Å². The first-order valence-electron chi connectivity index (χ1n) is 5.42. The topological polar surface area (TPSA) is 65.2 Å². The van der Waals surface area contributed by atoms with Gasteiger partial charge in [0.25, 0.3) is 0 Å². The average Bonchev–Trinajstić information content (AvgIpc) is 2.96. The molecular formula is C13H8ClFN2O2. The number of anilines is 1. The van der Waals surface area contributed by atoms with E-state index in [9.17, 15) is 4.39 Å². The van der Waals surface area contributed by atoms with E-state index in [4.69, 9.17) is 26.3 Å². The number of benzene rings is 1. The van der Waals surface area contributed by atoms with Crippen LogP contribution in [0.1, 0.15) is 0 Å². The van der Waals surface area contributed by atoms with E-state index in [-0.39, 0.29) is 16.8 Å². The van der Waals surface area contributed by atoms with E-state index in [2.05, 4.69) is 5.16 Å². The van der Waals surface area contributed by atoms with Crippen LogP contribution in [0.15, 0.2) is 45.3 Å². The van der Waals surface area contributed by atoms with Gasteiger partial charge in [-0.3, -0.25) is 0 Å². The van der Waals surface area contributed by atoms with Crippen LogP contribution in [0.3, 0.4) is 0 Å². The minimum Gasteiger partial charge on any atom is -0.441 e. The lowest BCUT2D eigenvalue weighted by Gasteiger charge is -2.02. The van der Waals surface area contributed by atoms with Gasteiger partial charge in [0.2, 0.25) is 5.76 Å². The molecule has 0 radical (unpaired) electrons. The van der Waals surface area contributed by atoms with Gasteiger partial charge < -0.3 is 14.7 Å². The average molecular weight is 279 g/mol. The molecule has 4 nitrogen and oxygen atoms in total. The van der Waals surface area contributed by atoms with Crippen LogP contribution in [-0.4, -0.2) is 5.16 Å². The second kappa shape index (κ2) is 4.44. The van der Waals surface area contributed by atoms with Gasteiger partial charge in [0.1, 0.15) is 5.82 Å². The summed E-state index contributed by atoms with van der Waals surface area (Å²) in [6, 6.07) is 9.37. The summed E-state index contributed by atoms with van der Waals surface area (Å²) in [6.45, 7) is 0. The molecule has 0 aliphatic carbocycles. The number of furan rings is 1. The van der Waals surface area contributed by atoms with Crippen molar-refractivity contribution in [2.45, 2.75) is 0 Å². The summed E-state index contributed by atoms with van der Waals surface area (Å²) in [4.78, 5) is 0. The predicted octanol–water partition coefficient (Wildman–Crippen LogP) is 3.98. The maximum Gasteiger partial charge on any atom is 0.212 e. The van der Waals surface area contributed by atoms with Crippen LogP contribution in [0.2, 0.25) is 5.22 Å². The van der Waals surface area contributed by atoms with Crippen molar-refractivity contribution in [2.75, 3.05) is 5.73 Å². The van der Waals surface area contributed by atoms with Crippen LogP contribution in [-0.2, 0) is 0 Å². The lowest BCUT2D eigenvalue weighted by molar-refractivity contribution is 0.421. The third-order valence-corrected chi connectivity index (χ3v) is 2.86. The zero-order valence-corrected chi connectivity index (χ0v) is 10.3. The molecule has 19 heavy (non-hydrogen) atoms. The monoisotopic (exact) mass is 278 g/mol. The summed E-state index contributed by atoms with van der Waals surface area (Å²) in [5.74, 6) is 0.255. The third kappa shape index (κ3) is 1.98. The fourth-order valence-electron chi connectivity index (χ4n) is 1.83. The van der Waals surface area contributed by atoms with Crippen molar-refractivity contribution < 1.29 is 13.3 Å². The zero-order chi connectivity index (χ0) is 13.4. The Morgan fingerprint density at radius 2 is 1.95 bits per heavy atom. The first-order valence-corrected chi connectivity index (χ1v) is 5.80. The fraction of sp³-hybridized carbons (Fsp3) is 0. The Kier molecular flexibility index (Phi) is 2.76. The van der Waals surface area contributed by atoms with E-state index < -0.39 is 5.82 Å². The lowest BCUT2D eigenvalue weighted by Crippen LogP contribution is -1.91. The van der Waals surface area contributed by atoms with Crippen LogP contribution in [0, 0.1) is 5.82 Å². The van der Waals surface area contributed by atoms with Gasteiger partial charge in [0.05, 0.1) is 5.56 Å². The molecule has 0 aliphatic rings.